The van der Waals surface area contributed by atoms with Gasteiger partial charge in [-0.3, -0.25) is 14.4 Å². The molecule has 0 spiro atoms. The maximum Gasteiger partial charge on any atom is 0.305 e. The zero-order valence-corrected chi connectivity index (χ0v) is 16.9. The highest BCUT2D eigenvalue weighted by Crippen LogP contribution is 2.24. The summed E-state index contributed by atoms with van der Waals surface area (Å²) in [5.74, 6) is -2.45. The first-order valence-corrected chi connectivity index (χ1v) is 9.21. The van der Waals surface area contributed by atoms with E-state index in [2.05, 4.69) is 20.6 Å². The van der Waals surface area contributed by atoms with Crippen molar-refractivity contribution in [1.29, 1.82) is 0 Å². The molecule has 1 unspecified atom stereocenters. The van der Waals surface area contributed by atoms with Crippen LogP contribution in [0.4, 0.5) is 5.69 Å². The average molecular weight is 453 g/mol. The highest BCUT2D eigenvalue weighted by atomic mass is 35.5. The molecule has 2 amide bonds. The molecule has 0 aliphatic rings. The molecule has 30 heavy (non-hydrogen) atoms. The Morgan fingerprint density at radius 2 is 1.93 bits per heavy atom. The Balaban J connectivity index is 2.03. The maximum atomic E-state index is 12.3. The smallest absolute Gasteiger partial charge is 0.305 e. The van der Waals surface area contributed by atoms with Gasteiger partial charge in [0.05, 0.1) is 29.7 Å². The predicted octanol–water partition coefficient (Wildman–Crippen LogP) is 1.36. The predicted molar refractivity (Wildman–Crippen MR) is 112 cm³/mol. The van der Waals surface area contributed by atoms with E-state index >= 15 is 0 Å². The van der Waals surface area contributed by atoms with Crippen LogP contribution >= 0.6 is 23.2 Å². The van der Waals surface area contributed by atoms with Gasteiger partial charge < -0.3 is 27.2 Å². The molecule has 0 aliphatic heterocycles. The number of aliphatic carboxylic acids is 1. The molecule has 158 valence electrons. The van der Waals surface area contributed by atoms with Crippen LogP contribution in [0.3, 0.4) is 0 Å². The summed E-state index contributed by atoms with van der Waals surface area (Å²) in [4.78, 5) is 43.4. The number of carboxylic acids is 1. The molecule has 0 aliphatic carbocycles. The quantitative estimate of drug-likeness (QED) is 0.228. The van der Waals surface area contributed by atoms with Crippen LogP contribution in [-0.4, -0.2) is 40.4 Å². The average Bonchev–Trinajstić information content (AvgIpc) is 2.67. The molecular formula is C18H18Cl2N6O4. The summed E-state index contributed by atoms with van der Waals surface area (Å²) in [6, 6.07) is 6.65. The third-order valence-electron chi connectivity index (χ3n) is 3.71. The molecule has 0 saturated heterocycles. The topological polar surface area (TPSA) is 173 Å². The lowest BCUT2D eigenvalue weighted by Crippen LogP contribution is -2.39. The van der Waals surface area contributed by atoms with Gasteiger partial charge in [0, 0.05) is 11.8 Å². The van der Waals surface area contributed by atoms with E-state index in [0.717, 1.165) is 0 Å². The molecule has 2 aromatic rings. The zero-order valence-electron chi connectivity index (χ0n) is 15.4. The normalized spacial score (nSPS) is 11.3. The number of amides is 2. The van der Waals surface area contributed by atoms with Crippen LogP contribution in [0.5, 0.6) is 0 Å². The van der Waals surface area contributed by atoms with Crippen LogP contribution < -0.4 is 22.1 Å². The minimum atomic E-state index is -1.15. The van der Waals surface area contributed by atoms with Crippen molar-refractivity contribution in [2.45, 2.75) is 12.5 Å². The third-order valence-corrected chi connectivity index (χ3v) is 4.40. The van der Waals surface area contributed by atoms with E-state index in [1.165, 1.54) is 24.4 Å². The largest absolute Gasteiger partial charge is 0.481 e. The van der Waals surface area contributed by atoms with Gasteiger partial charge in [-0.25, -0.2) is 9.98 Å². The number of aliphatic imine (C=N–C) groups is 1. The Bertz CT molecular complexity index is 994. The molecule has 2 rings (SSSR count). The number of guanidine groups is 1. The highest BCUT2D eigenvalue weighted by molar-refractivity contribution is 6.41. The van der Waals surface area contributed by atoms with Gasteiger partial charge in [-0.15, -0.1) is 0 Å². The van der Waals surface area contributed by atoms with Crippen molar-refractivity contribution in [3.63, 3.8) is 0 Å². The van der Waals surface area contributed by atoms with Crippen LogP contribution in [-0.2, 0) is 9.59 Å². The van der Waals surface area contributed by atoms with Crippen LogP contribution in [0, 0.1) is 0 Å². The molecule has 0 radical (unpaired) electrons. The number of aromatic nitrogens is 1. The van der Waals surface area contributed by atoms with Crippen molar-refractivity contribution in [3.8, 4) is 0 Å². The number of nitrogens with one attached hydrogen (secondary N) is 2. The molecule has 1 aromatic carbocycles. The Labute approximate surface area is 181 Å². The second-order valence-corrected chi connectivity index (χ2v) is 6.79. The van der Waals surface area contributed by atoms with Gasteiger partial charge in [-0.1, -0.05) is 29.3 Å². The number of pyridine rings is 1. The van der Waals surface area contributed by atoms with E-state index in [1.807, 2.05) is 0 Å². The number of hydrogen-bond donors (Lipinski definition) is 5. The lowest BCUT2D eigenvalue weighted by Gasteiger charge is -2.18. The SMILES string of the molecule is NC(N)=Nc1cccc(C(=O)NCC(=O)NC(CC(=O)O)c2cnc(Cl)c(Cl)c2)c1. The van der Waals surface area contributed by atoms with Crippen molar-refractivity contribution in [2.75, 3.05) is 6.54 Å². The summed E-state index contributed by atoms with van der Waals surface area (Å²) in [5.41, 5.74) is 11.6. The summed E-state index contributed by atoms with van der Waals surface area (Å²) in [5, 5.41) is 14.2. The summed E-state index contributed by atoms with van der Waals surface area (Å²) in [7, 11) is 0. The van der Waals surface area contributed by atoms with Gasteiger partial charge >= 0.3 is 5.97 Å². The van der Waals surface area contributed by atoms with Crippen molar-refractivity contribution in [3.05, 3.63) is 57.8 Å². The van der Waals surface area contributed by atoms with E-state index in [4.69, 9.17) is 39.8 Å². The number of halogens is 2. The van der Waals surface area contributed by atoms with Gasteiger partial charge in [0.25, 0.3) is 5.91 Å². The first-order chi connectivity index (χ1) is 14.2. The maximum absolute atomic E-state index is 12.3. The fraction of sp³-hybridized carbons (Fsp3) is 0.167. The first-order valence-electron chi connectivity index (χ1n) is 8.45. The zero-order chi connectivity index (χ0) is 22.3. The molecule has 0 saturated carbocycles. The van der Waals surface area contributed by atoms with E-state index in [0.29, 0.717) is 11.3 Å². The van der Waals surface area contributed by atoms with Crippen molar-refractivity contribution in [2.24, 2.45) is 16.5 Å². The van der Waals surface area contributed by atoms with Crippen LogP contribution in [0.2, 0.25) is 10.2 Å². The molecule has 1 aromatic heterocycles. The second-order valence-electron chi connectivity index (χ2n) is 6.03. The number of benzene rings is 1. The van der Waals surface area contributed by atoms with E-state index in [1.54, 1.807) is 12.1 Å². The number of carbonyl (C=O) groups is 3. The number of carboxylic acid groups (broad SMARTS) is 1. The van der Waals surface area contributed by atoms with Crippen molar-refractivity contribution in [1.82, 2.24) is 15.6 Å². The van der Waals surface area contributed by atoms with Crippen molar-refractivity contribution < 1.29 is 19.5 Å². The lowest BCUT2D eigenvalue weighted by molar-refractivity contribution is -0.137. The molecule has 1 heterocycles. The molecule has 0 bridgehead atoms. The number of nitrogens with zero attached hydrogens (tertiary/aromatic N) is 2. The summed E-state index contributed by atoms with van der Waals surface area (Å²) in [6.07, 6.45) is 0.899. The summed E-state index contributed by atoms with van der Waals surface area (Å²) >= 11 is 11.7. The fourth-order valence-electron chi connectivity index (χ4n) is 2.43. The molecule has 10 nitrogen and oxygen atoms in total. The van der Waals surface area contributed by atoms with E-state index in [9.17, 15) is 14.4 Å². The number of hydrogen-bond acceptors (Lipinski definition) is 5. The third kappa shape index (κ3) is 6.90. The van der Waals surface area contributed by atoms with Crippen LogP contribution in [0.25, 0.3) is 0 Å². The minimum Gasteiger partial charge on any atom is -0.481 e. The Kier molecular flexibility index (Phi) is 7.96. The Morgan fingerprint density at radius 1 is 1.20 bits per heavy atom. The van der Waals surface area contributed by atoms with Crippen LogP contribution in [0.1, 0.15) is 28.4 Å². The second kappa shape index (κ2) is 10.4. The molecule has 0 fully saturated rings. The van der Waals surface area contributed by atoms with Gasteiger partial charge in [-0.2, -0.15) is 0 Å². The van der Waals surface area contributed by atoms with Crippen LogP contribution in [0.15, 0.2) is 41.5 Å². The standard InChI is InChI=1S/C18H18Cl2N6O4/c19-12-5-10(7-23-16(12)20)13(6-15(28)29)26-14(27)8-24-17(30)9-2-1-3-11(4-9)25-18(21)22/h1-5,7,13H,6,8H2,(H,24,30)(H,26,27)(H,28,29)(H4,21,22,25). The Morgan fingerprint density at radius 3 is 2.57 bits per heavy atom. The minimum absolute atomic E-state index is 0.0519. The van der Waals surface area contributed by atoms with E-state index < -0.39 is 36.8 Å². The van der Waals surface area contributed by atoms with Gasteiger partial charge in [0.15, 0.2) is 5.96 Å². The van der Waals surface area contributed by atoms with Gasteiger partial charge in [0.1, 0.15) is 5.15 Å². The van der Waals surface area contributed by atoms with Gasteiger partial charge in [0.2, 0.25) is 5.91 Å². The monoisotopic (exact) mass is 452 g/mol. The fourth-order valence-corrected chi connectivity index (χ4v) is 2.71. The summed E-state index contributed by atoms with van der Waals surface area (Å²) in [6.45, 7) is -0.393. The first kappa shape index (κ1) is 22.9. The molecule has 12 heteroatoms. The Hall–Kier alpha value is -3.37. The number of rotatable bonds is 8. The number of carbonyl (C=O) groups excluding carboxylic acids is 2. The number of nitrogens with two attached hydrogens (primary N) is 2. The van der Waals surface area contributed by atoms with Crippen molar-refractivity contribution >= 4 is 52.6 Å². The molecule has 1 atom stereocenters. The van der Waals surface area contributed by atoms with Gasteiger partial charge in [-0.05, 0) is 29.8 Å². The molecule has 7 N–H and O–H groups in total. The summed E-state index contributed by atoms with van der Waals surface area (Å²) < 4.78 is 0. The lowest BCUT2D eigenvalue weighted by atomic mass is 10.1. The highest BCUT2D eigenvalue weighted by Gasteiger charge is 2.20. The van der Waals surface area contributed by atoms with E-state index in [-0.39, 0.29) is 21.7 Å². The molecular weight excluding hydrogens is 435 g/mol.